The minimum atomic E-state index is -0.761. The molecule has 6 heteroatoms. The van der Waals surface area contributed by atoms with E-state index in [0.29, 0.717) is 13.0 Å². The summed E-state index contributed by atoms with van der Waals surface area (Å²) in [6.07, 6.45) is 8.06. The lowest BCUT2D eigenvalue weighted by Crippen LogP contribution is -2.56. The van der Waals surface area contributed by atoms with E-state index in [1.165, 1.54) is 0 Å². The molecule has 0 bridgehead atoms. The van der Waals surface area contributed by atoms with E-state index in [9.17, 15) is 9.59 Å². The molecule has 0 aliphatic heterocycles. The SMILES string of the molecule is C#CC[C@H](NCc1ccc(-c2ccccc2)cc1)C(=O)N[C@@H](Cc1c[nH]c2ccccc12)C(=O)NC(C)(C)C. The predicted molar refractivity (Wildman–Crippen MR) is 158 cm³/mol. The van der Waals surface area contributed by atoms with Crippen LogP contribution in [0.4, 0.5) is 0 Å². The quantitative estimate of drug-likeness (QED) is 0.223. The molecule has 4 rings (SSSR count). The summed E-state index contributed by atoms with van der Waals surface area (Å²) >= 11 is 0. The lowest BCUT2D eigenvalue weighted by Gasteiger charge is -2.27. The molecule has 0 saturated heterocycles. The van der Waals surface area contributed by atoms with E-state index in [1.807, 2.05) is 81.6 Å². The summed E-state index contributed by atoms with van der Waals surface area (Å²) in [5, 5.41) is 10.3. The molecule has 39 heavy (non-hydrogen) atoms. The smallest absolute Gasteiger partial charge is 0.243 e. The van der Waals surface area contributed by atoms with Gasteiger partial charge in [0.05, 0.1) is 6.04 Å². The van der Waals surface area contributed by atoms with Crippen LogP contribution in [-0.4, -0.2) is 34.4 Å². The van der Waals surface area contributed by atoms with E-state index in [0.717, 1.165) is 33.2 Å². The zero-order valence-corrected chi connectivity index (χ0v) is 22.8. The number of carbonyl (C=O) groups is 2. The van der Waals surface area contributed by atoms with Crippen LogP contribution in [0.15, 0.2) is 85.1 Å². The van der Waals surface area contributed by atoms with Crippen LogP contribution in [0.1, 0.15) is 38.3 Å². The first-order valence-electron chi connectivity index (χ1n) is 13.2. The number of para-hydroxylation sites is 1. The maximum absolute atomic E-state index is 13.4. The monoisotopic (exact) mass is 520 g/mol. The topological polar surface area (TPSA) is 86.0 Å². The molecule has 200 valence electrons. The van der Waals surface area contributed by atoms with Crippen molar-refractivity contribution < 1.29 is 9.59 Å². The van der Waals surface area contributed by atoms with Crippen LogP contribution < -0.4 is 16.0 Å². The van der Waals surface area contributed by atoms with Gasteiger partial charge in [-0.25, -0.2) is 0 Å². The van der Waals surface area contributed by atoms with Gasteiger partial charge >= 0.3 is 0 Å². The van der Waals surface area contributed by atoms with E-state index >= 15 is 0 Å². The molecule has 6 nitrogen and oxygen atoms in total. The van der Waals surface area contributed by atoms with E-state index in [4.69, 9.17) is 6.42 Å². The molecule has 3 aromatic carbocycles. The van der Waals surface area contributed by atoms with Gasteiger partial charge < -0.3 is 20.9 Å². The van der Waals surface area contributed by atoms with Crippen LogP contribution in [0.25, 0.3) is 22.0 Å². The van der Waals surface area contributed by atoms with Gasteiger partial charge in [-0.1, -0.05) is 72.8 Å². The van der Waals surface area contributed by atoms with Gasteiger partial charge in [0.15, 0.2) is 0 Å². The maximum Gasteiger partial charge on any atom is 0.243 e. The summed E-state index contributed by atoms with van der Waals surface area (Å²) in [6.45, 7) is 6.22. The van der Waals surface area contributed by atoms with Gasteiger partial charge in [0.25, 0.3) is 0 Å². The van der Waals surface area contributed by atoms with Crippen LogP contribution >= 0.6 is 0 Å². The summed E-state index contributed by atoms with van der Waals surface area (Å²) in [5.41, 5.74) is 4.81. The van der Waals surface area contributed by atoms with Gasteiger partial charge in [-0.15, -0.1) is 12.3 Å². The van der Waals surface area contributed by atoms with Crippen molar-refractivity contribution in [3.8, 4) is 23.5 Å². The molecule has 2 amide bonds. The average Bonchev–Trinajstić information content (AvgIpc) is 3.33. The normalized spacial score (nSPS) is 12.9. The molecule has 4 aromatic rings. The summed E-state index contributed by atoms with van der Waals surface area (Å²) in [5.74, 6) is 2.06. The molecule has 1 aromatic heterocycles. The molecule has 0 aliphatic rings. The van der Waals surface area contributed by atoms with Crippen molar-refractivity contribution in [2.45, 2.75) is 57.8 Å². The molecule has 0 unspecified atom stereocenters. The predicted octanol–water partition coefficient (Wildman–Crippen LogP) is 4.96. The van der Waals surface area contributed by atoms with Crippen molar-refractivity contribution in [3.63, 3.8) is 0 Å². The third kappa shape index (κ3) is 7.59. The molecule has 4 N–H and O–H groups in total. The highest BCUT2D eigenvalue weighted by molar-refractivity contribution is 5.91. The van der Waals surface area contributed by atoms with Crippen molar-refractivity contribution >= 4 is 22.7 Å². The van der Waals surface area contributed by atoms with Crippen molar-refractivity contribution in [3.05, 3.63) is 96.2 Å². The molecule has 0 radical (unpaired) electrons. The molecule has 2 atom stereocenters. The average molecular weight is 521 g/mol. The Morgan fingerprint density at radius 3 is 2.23 bits per heavy atom. The van der Waals surface area contributed by atoms with Gasteiger partial charge in [0.1, 0.15) is 6.04 Å². The molecule has 0 spiro atoms. The number of terminal acetylenes is 1. The van der Waals surface area contributed by atoms with Gasteiger partial charge in [0.2, 0.25) is 11.8 Å². The number of fused-ring (bicyclic) bond motifs is 1. The Morgan fingerprint density at radius 2 is 1.54 bits per heavy atom. The second-order valence-electron chi connectivity index (χ2n) is 10.8. The lowest BCUT2D eigenvalue weighted by molar-refractivity contribution is -0.130. The Morgan fingerprint density at radius 1 is 0.872 bits per heavy atom. The van der Waals surface area contributed by atoms with Crippen LogP contribution in [0.3, 0.4) is 0 Å². The molecule has 0 fully saturated rings. The van der Waals surface area contributed by atoms with Crippen molar-refractivity contribution in [2.24, 2.45) is 0 Å². The summed E-state index contributed by atoms with van der Waals surface area (Å²) in [4.78, 5) is 29.9. The lowest BCUT2D eigenvalue weighted by atomic mass is 10.0. The highest BCUT2D eigenvalue weighted by Crippen LogP contribution is 2.21. The number of aromatic nitrogens is 1. The third-order valence-corrected chi connectivity index (χ3v) is 6.48. The van der Waals surface area contributed by atoms with Crippen molar-refractivity contribution in [1.29, 1.82) is 0 Å². The zero-order valence-electron chi connectivity index (χ0n) is 22.8. The number of hydrogen-bond donors (Lipinski definition) is 4. The second kappa shape index (κ2) is 12.5. The Hall–Kier alpha value is -4.34. The molecular weight excluding hydrogens is 484 g/mol. The largest absolute Gasteiger partial charge is 0.361 e. The summed E-state index contributed by atoms with van der Waals surface area (Å²) in [6, 6.07) is 24.9. The van der Waals surface area contributed by atoms with Gasteiger partial charge in [-0.05, 0) is 49.1 Å². The number of benzene rings is 3. The number of aromatic amines is 1. The van der Waals surface area contributed by atoms with E-state index in [1.54, 1.807) is 0 Å². The number of amides is 2. The van der Waals surface area contributed by atoms with Crippen molar-refractivity contribution in [2.75, 3.05) is 0 Å². The van der Waals surface area contributed by atoms with Crippen molar-refractivity contribution in [1.82, 2.24) is 20.9 Å². The van der Waals surface area contributed by atoms with E-state index in [-0.39, 0.29) is 18.2 Å². The first-order valence-corrected chi connectivity index (χ1v) is 13.2. The fourth-order valence-corrected chi connectivity index (χ4v) is 4.52. The van der Waals surface area contributed by atoms with Gasteiger partial charge in [-0.2, -0.15) is 0 Å². The third-order valence-electron chi connectivity index (χ3n) is 6.48. The number of hydrogen-bond acceptors (Lipinski definition) is 3. The van der Waals surface area contributed by atoms with Crippen LogP contribution in [0.5, 0.6) is 0 Å². The highest BCUT2D eigenvalue weighted by Gasteiger charge is 2.28. The number of rotatable bonds is 10. The first-order chi connectivity index (χ1) is 18.7. The van der Waals surface area contributed by atoms with Crippen LogP contribution in [0.2, 0.25) is 0 Å². The fraction of sp³-hybridized carbons (Fsp3) is 0.273. The Bertz CT molecular complexity index is 1440. The molecular formula is C33H36N4O2. The Balaban J connectivity index is 1.46. The minimum absolute atomic E-state index is 0.203. The van der Waals surface area contributed by atoms with Gasteiger partial charge in [-0.3, -0.25) is 9.59 Å². The van der Waals surface area contributed by atoms with Crippen LogP contribution in [-0.2, 0) is 22.6 Å². The zero-order chi connectivity index (χ0) is 27.8. The summed E-state index contributed by atoms with van der Waals surface area (Å²) < 4.78 is 0. The number of H-pyrrole nitrogens is 1. The molecule has 0 aliphatic carbocycles. The number of carbonyl (C=O) groups excluding carboxylic acids is 2. The maximum atomic E-state index is 13.4. The Kier molecular flexibility index (Phi) is 8.85. The van der Waals surface area contributed by atoms with E-state index < -0.39 is 17.6 Å². The molecule has 1 heterocycles. The minimum Gasteiger partial charge on any atom is -0.361 e. The summed E-state index contributed by atoms with van der Waals surface area (Å²) in [7, 11) is 0. The van der Waals surface area contributed by atoms with Gasteiger partial charge in [0, 0.05) is 42.0 Å². The highest BCUT2D eigenvalue weighted by atomic mass is 16.2. The Labute approximate surface area is 230 Å². The standard InChI is InChI=1S/C33H36N4O2/c1-5-11-29(34-21-23-16-18-25(19-17-23)24-12-7-6-8-13-24)31(38)36-30(32(39)37-33(2,3)4)20-26-22-35-28-15-10-9-14-27(26)28/h1,6-10,12-19,22,29-30,34-35H,11,20-21H2,2-4H3,(H,36,38)(H,37,39)/t29-,30-/m0/s1. The second-order valence-corrected chi connectivity index (χ2v) is 10.8. The van der Waals surface area contributed by atoms with E-state index in [2.05, 4.69) is 51.1 Å². The fourth-order valence-electron chi connectivity index (χ4n) is 4.52. The number of nitrogens with one attached hydrogen (secondary N) is 4. The first kappa shape index (κ1) is 27.7. The molecule has 0 saturated carbocycles. The van der Waals surface area contributed by atoms with Crippen LogP contribution in [0, 0.1) is 12.3 Å².